The van der Waals surface area contributed by atoms with Gasteiger partial charge in [0.25, 0.3) is 0 Å². The van der Waals surface area contributed by atoms with Crippen LogP contribution in [0.2, 0.25) is 0 Å². The number of likely N-dealkylation sites (tertiary alicyclic amines) is 1. The zero-order chi connectivity index (χ0) is 17.9. The smallest absolute Gasteiger partial charge is 0.227 e. The largest absolute Gasteiger partial charge is 0.336 e. The average Bonchev–Trinajstić information content (AvgIpc) is 3.22. The van der Waals surface area contributed by atoms with Gasteiger partial charge in [-0.25, -0.2) is 9.37 Å². The average molecular weight is 356 g/mol. The van der Waals surface area contributed by atoms with Gasteiger partial charge in [-0.15, -0.1) is 0 Å². The first kappa shape index (κ1) is 17.2. The number of carbonyl (C=O) groups is 1. The first-order chi connectivity index (χ1) is 12.7. The Balaban J connectivity index is 1.46. The molecule has 1 aromatic heterocycles. The highest BCUT2D eigenvalue weighted by atomic mass is 19.1. The maximum atomic E-state index is 13.1. The topological polar surface area (TPSA) is 41.4 Å². The lowest BCUT2D eigenvalue weighted by molar-refractivity contribution is -0.131. The Morgan fingerprint density at radius 3 is 2.58 bits per heavy atom. The van der Waals surface area contributed by atoms with Gasteiger partial charge in [-0.1, -0.05) is 12.1 Å². The molecule has 0 unspecified atom stereocenters. The third kappa shape index (κ3) is 3.80. The van der Waals surface area contributed by atoms with Crippen molar-refractivity contribution in [1.29, 1.82) is 0 Å². The van der Waals surface area contributed by atoms with E-state index in [0.717, 1.165) is 50.4 Å². The van der Waals surface area contributed by atoms with Gasteiger partial charge in [0, 0.05) is 19.6 Å². The molecule has 0 radical (unpaired) electrons. The van der Waals surface area contributed by atoms with Gasteiger partial charge < -0.3 is 9.47 Å². The Kier molecular flexibility index (Phi) is 5.02. The summed E-state index contributed by atoms with van der Waals surface area (Å²) in [4.78, 5) is 21.8. The number of rotatable bonds is 4. The normalized spacial score (nSPS) is 18.0. The van der Waals surface area contributed by atoms with Crippen molar-refractivity contribution < 1.29 is 9.18 Å². The number of imidazole rings is 1. The Bertz CT molecular complexity index is 765. The highest BCUT2D eigenvalue weighted by molar-refractivity contribution is 5.78. The Morgan fingerprint density at radius 1 is 1.04 bits per heavy atom. The molecule has 0 spiro atoms. The van der Waals surface area contributed by atoms with Crippen LogP contribution in [0, 0.1) is 5.82 Å². The fourth-order valence-corrected chi connectivity index (χ4v) is 3.90. The summed E-state index contributed by atoms with van der Waals surface area (Å²) in [6, 6.07) is 6.20. The quantitative estimate of drug-likeness (QED) is 0.846. The first-order valence-electron chi connectivity index (χ1n) is 9.46. The van der Waals surface area contributed by atoms with E-state index < -0.39 is 0 Å². The highest BCUT2D eigenvalue weighted by Crippen LogP contribution is 2.20. The van der Waals surface area contributed by atoms with E-state index in [1.54, 1.807) is 12.1 Å². The van der Waals surface area contributed by atoms with Crippen LogP contribution in [0.4, 0.5) is 4.39 Å². The van der Waals surface area contributed by atoms with Gasteiger partial charge >= 0.3 is 0 Å². The van der Waals surface area contributed by atoms with Gasteiger partial charge in [0.15, 0.2) is 0 Å². The number of benzene rings is 1. The molecule has 4 rings (SSSR count). The summed E-state index contributed by atoms with van der Waals surface area (Å²) in [5.74, 6) is -0.176. The molecule has 0 bridgehead atoms. The SMILES string of the molecule is O=C(Cc1ccc(F)cc1)N1CCCn2cnc(CN3CCCC3)c2C1. The second-order valence-corrected chi connectivity index (χ2v) is 7.29. The fourth-order valence-electron chi connectivity index (χ4n) is 3.90. The molecule has 0 atom stereocenters. The van der Waals surface area contributed by atoms with E-state index >= 15 is 0 Å². The van der Waals surface area contributed by atoms with E-state index in [9.17, 15) is 9.18 Å². The van der Waals surface area contributed by atoms with Crippen LogP contribution in [-0.4, -0.2) is 44.9 Å². The Hall–Kier alpha value is -2.21. The van der Waals surface area contributed by atoms with Crippen molar-refractivity contribution in [2.24, 2.45) is 0 Å². The zero-order valence-corrected chi connectivity index (χ0v) is 15.0. The summed E-state index contributed by atoms with van der Waals surface area (Å²) in [6.45, 7) is 5.43. The van der Waals surface area contributed by atoms with E-state index in [2.05, 4.69) is 14.5 Å². The molecule has 5 nitrogen and oxygen atoms in total. The minimum absolute atomic E-state index is 0.0957. The Labute approximate surface area is 153 Å². The molecular weight excluding hydrogens is 331 g/mol. The van der Waals surface area contributed by atoms with Crippen LogP contribution in [0.3, 0.4) is 0 Å². The number of hydrogen-bond acceptors (Lipinski definition) is 3. The second-order valence-electron chi connectivity index (χ2n) is 7.29. The molecule has 1 aromatic carbocycles. The van der Waals surface area contributed by atoms with E-state index in [1.165, 1.54) is 30.7 Å². The monoisotopic (exact) mass is 356 g/mol. The van der Waals surface area contributed by atoms with Crippen molar-refractivity contribution in [1.82, 2.24) is 19.4 Å². The van der Waals surface area contributed by atoms with E-state index in [-0.39, 0.29) is 11.7 Å². The lowest BCUT2D eigenvalue weighted by atomic mass is 10.1. The molecule has 1 saturated heterocycles. The van der Waals surface area contributed by atoms with Gasteiger partial charge in [-0.05, 0) is 50.0 Å². The third-order valence-electron chi connectivity index (χ3n) is 5.39. The molecule has 3 heterocycles. The highest BCUT2D eigenvalue weighted by Gasteiger charge is 2.24. The van der Waals surface area contributed by atoms with Crippen LogP contribution in [0.1, 0.15) is 36.2 Å². The van der Waals surface area contributed by atoms with Crippen molar-refractivity contribution in [3.05, 3.63) is 53.4 Å². The first-order valence-corrected chi connectivity index (χ1v) is 9.46. The van der Waals surface area contributed by atoms with Crippen molar-refractivity contribution in [2.75, 3.05) is 19.6 Å². The van der Waals surface area contributed by atoms with Crippen LogP contribution >= 0.6 is 0 Å². The van der Waals surface area contributed by atoms with Crippen molar-refractivity contribution in [2.45, 2.75) is 45.3 Å². The molecule has 6 heteroatoms. The molecule has 26 heavy (non-hydrogen) atoms. The molecule has 1 fully saturated rings. The predicted octanol–water partition coefficient (Wildman–Crippen LogP) is 2.59. The third-order valence-corrected chi connectivity index (χ3v) is 5.39. The molecule has 2 aliphatic rings. The van der Waals surface area contributed by atoms with Crippen molar-refractivity contribution in [3.63, 3.8) is 0 Å². The van der Waals surface area contributed by atoms with E-state index in [0.29, 0.717) is 13.0 Å². The van der Waals surface area contributed by atoms with Gasteiger partial charge in [-0.2, -0.15) is 0 Å². The standard InChI is InChI=1S/C20H25FN4O/c21-17-6-4-16(5-7-17)12-20(26)24-10-3-11-25-15-22-18(19(25)14-24)13-23-8-1-2-9-23/h4-7,15H,1-3,8-14H2. The lowest BCUT2D eigenvalue weighted by Gasteiger charge is -2.21. The number of amides is 1. The maximum Gasteiger partial charge on any atom is 0.227 e. The summed E-state index contributed by atoms with van der Waals surface area (Å²) in [6.07, 6.45) is 5.70. The molecule has 0 N–H and O–H groups in total. The van der Waals surface area contributed by atoms with Crippen molar-refractivity contribution in [3.8, 4) is 0 Å². The summed E-state index contributed by atoms with van der Waals surface area (Å²) in [5.41, 5.74) is 3.13. The Morgan fingerprint density at radius 2 is 1.81 bits per heavy atom. The predicted molar refractivity (Wildman–Crippen MR) is 96.9 cm³/mol. The summed E-state index contributed by atoms with van der Waals surface area (Å²) >= 11 is 0. The summed E-state index contributed by atoms with van der Waals surface area (Å²) in [5, 5.41) is 0. The van der Waals surface area contributed by atoms with Gasteiger partial charge in [0.1, 0.15) is 5.82 Å². The van der Waals surface area contributed by atoms with Crippen LogP contribution in [-0.2, 0) is 30.8 Å². The molecular formula is C20H25FN4O. The number of fused-ring (bicyclic) bond motifs is 1. The van der Waals surface area contributed by atoms with Crippen molar-refractivity contribution >= 4 is 5.91 Å². The maximum absolute atomic E-state index is 13.1. The van der Waals surface area contributed by atoms with Crippen LogP contribution < -0.4 is 0 Å². The van der Waals surface area contributed by atoms with Crippen LogP contribution in [0.5, 0.6) is 0 Å². The lowest BCUT2D eigenvalue weighted by Crippen LogP contribution is -2.32. The summed E-state index contributed by atoms with van der Waals surface area (Å²) in [7, 11) is 0. The van der Waals surface area contributed by atoms with Crippen LogP contribution in [0.25, 0.3) is 0 Å². The van der Waals surface area contributed by atoms with E-state index in [1.807, 2.05) is 11.2 Å². The van der Waals surface area contributed by atoms with Gasteiger partial charge in [0.2, 0.25) is 5.91 Å². The minimum atomic E-state index is -0.272. The number of carbonyl (C=O) groups excluding carboxylic acids is 1. The van der Waals surface area contributed by atoms with Gasteiger partial charge in [-0.3, -0.25) is 9.69 Å². The molecule has 2 aromatic rings. The number of aryl methyl sites for hydroxylation is 1. The van der Waals surface area contributed by atoms with E-state index in [4.69, 9.17) is 0 Å². The molecule has 0 aliphatic carbocycles. The second kappa shape index (κ2) is 7.58. The number of hydrogen-bond donors (Lipinski definition) is 0. The van der Waals surface area contributed by atoms with Gasteiger partial charge in [0.05, 0.1) is 30.7 Å². The summed E-state index contributed by atoms with van der Waals surface area (Å²) < 4.78 is 15.3. The number of aromatic nitrogens is 2. The molecule has 0 saturated carbocycles. The zero-order valence-electron chi connectivity index (χ0n) is 15.0. The van der Waals surface area contributed by atoms with Crippen LogP contribution in [0.15, 0.2) is 30.6 Å². The molecule has 1 amide bonds. The number of nitrogens with zero attached hydrogens (tertiary/aromatic N) is 4. The molecule has 2 aliphatic heterocycles. The fraction of sp³-hybridized carbons (Fsp3) is 0.500. The molecule has 138 valence electrons. The minimum Gasteiger partial charge on any atom is -0.336 e. The number of halogens is 1.